The molecule has 0 saturated carbocycles. The van der Waals surface area contributed by atoms with Crippen LogP contribution < -0.4 is 10.6 Å². The van der Waals surface area contributed by atoms with E-state index in [2.05, 4.69) is 15.6 Å². The highest BCUT2D eigenvalue weighted by Gasteiger charge is 2.26. The highest BCUT2D eigenvalue weighted by Crippen LogP contribution is 2.18. The number of hydrogen-bond donors (Lipinski definition) is 2. The number of nitrogens with zero attached hydrogens (tertiary/aromatic N) is 2. The van der Waals surface area contributed by atoms with E-state index in [0.29, 0.717) is 31.6 Å². The maximum absolute atomic E-state index is 12.9. The maximum Gasteiger partial charge on any atom is 0.233 e. The van der Waals surface area contributed by atoms with Crippen LogP contribution in [0, 0.1) is 13.8 Å². The number of carbonyl (C=O) groups excluding carboxylic acids is 3. The molecule has 1 fully saturated rings. The Morgan fingerprint density at radius 1 is 1.21 bits per heavy atom. The number of hydrogen-bond acceptors (Lipinski definition) is 4. The molecule has 2 N–H and O–H groups in total. The molecule has 1 aliphatic heterocycles. The number of benzene rings is 1. The third kappa shape index (κ3) is 5.63. The second-order valence-electron chi connectivity index (χ2n) is 7.41. The molecule has 0 unspecified atom stereocenters. The molecule has 0 spiro atoms. The van der Waals surface area contributed by atoms with E-state index in [-0.39, 0.29) is 30.2 Å². The summed E-state index contributed by atoms with van der Waals surface area (Å²) in [4.78, 5) is 42.5. The first kappa shape index (κ1) is 20.5. The van der Waals surface area contributed by atoms with Gasteiger partial charge in [-0.25, -0.2) is 0 Å². The first-order chi connectivity index (χ1) is 13.9. The molecule has 3 amide bonds. The van der Waals surface area contributed by atoms with Crippen LogP contribution in [0.25, 0.3) is 0 Å². The third-order valence-corrected chi connectivity index (χ3v) is 5.19. The quantitative estimate of drug-likeness (QED) is 0.705. The van der Waals surface area contributed by atoms with Gasteiger partial charge in [0.1, 0.15) is 6.42 Å². The number of nitrogens with one attached hydrogen (secondary N) is 2. The zero-order valence-corrected chi connectivity index (χ0v) is 16.8. The topological polar surface area (TPSA) is 91.4 Å². The molecule has 1 aromatic heterocycles. The summed E-state index contributed by atoms with van der Waals surface area (Å²) < 4.78 is 0. The van der Waals surface area contributed by atoms with Gasteiger partial charge in [0, 0.05) is 43.6 Å². The summed E-state index contributed by atoms with van der Waals surface area (Å²) in [6, 6.07) is 9.26. The van der Waals surface area contributed by atoms with Gasteiger partial charge in [-0.05, 0) is 55.2 Å². The summed E-state index contributed by atoms with van der Waals surface area (Å²) in [7, 11) is 0. The minimum Gasteiger partial charge on any atom is -0.352 e. The molecule has 1 aromatic carbocycles. The van der Waals surface area contributed by atoms with Gasteiger partial charge in [-0.3, -0.25) is 19.4 Å². The minimum atomic E-state index is -0.348. The Bertz CT molecular complexity index is 898. The molecule has 0 aliphatic carbocycles. The summed E-state index contributed by atoms with van der Waals surface area (Å²) >= 11 is 0. The summed E-state index contributed by atoms with van der Waals surface area (Å²) in [6.07, 6.45) is 4.24. The predicted octanol–water partition coefficient (Wildman–Crippen LogP) is 2.33. The van der Waals surface area contributed by atoms with Gasteiger partial charge in [0.15, 0.2) is 0 Å². The van der Waals surface area contributed by atoms with Crippen molar-refractivity contribution in [3.05, 3.63) is 59.4 Å². The van der Waals surface area contributed by atoms with Crippen molar-refractivity contribution >= 4 is 23.4 Å². The molecule has 7 nitrogen and oxygen atoms in total. The van der Waals surface area contributed by atoms with E-state index in [0.717, 1.165) is 16.7 Å². The molecular formula is C22H26N4O3. The summed E-state index contributed by atoms with van der Waals surface area (Å²) in [5.41, 5.74) is 3.69. The van der Waals surface area contributed by atoms with Crippen LogP contribution in [-0.4, -0.2) is 40.2 Å². The number of rotatable bonds is 7. The number of aryl methyl sites for hydroxylation is 1. The smallest absolute Gasteiger partial charge is 0.233 e. The lowest BCUT2D eigenvalue weighted by Crippen LogP contribution is -2.42. The van der Waals surface area contributed by atoms with Crippen molar-refractivity contribution in [1.29, 1.82) is 0 Å². The first-order valence-electron chi connectivity index (χ1n) is 9.74. The van der Waals surface area contributed by atoms with E-state index < -0.39 is 0 Å². The van der Waals surface area contributed by atoms with E-state index in [9.17, 15) is 14.4 Å². The van der Waals surface area contributed by atoms with Gasteiger partial charge in [-0.2, -0.15) is 0 Å². The standard InChI is InChI=1S/C22H26N4O3/c1-15-4-3-5-19(16(15)2)25-21(28)12-22(29)26(13-17-8-10-23-11-9-17)14-18-6-7-20(27)24-18/h3-5,8-11,18H,6-7,12-14H2,1-2H3,(H,24,27)(H,25,28)/t18-/m0/s1. The molecule has 2 heterocycles. The highest BCUT2D eigenvalue weighted by atomic mass is 16.2. The second kappa shape index (κ2) is 9.32. The number of carbonyl (C=O) groups is 3. The molecule has 1 saturated heterocycles. The molecule has 2 aromatic rings. The fourth-order valence-corrected chi connectivity index (χ4v) is 3.37. The molecule has 152 valence electrons. The van der Waals surface area contributed by atoms with Crippen LogP contribution in [0.1, 0.15) is 36.0 Å². The first-order valence-corrected chi connectivity index (χ1v) is 9.74. The van der Waals surface area contributed by atoms with Gasteiger partial charge >= 0.3 is 0 Å². The Labute approximate surface area is 170 Å². The van der Waals surface area contributed by atoms with E-state index in [1.807, 2.05) is 44.2 Å². The molecule has 0 radical (unpaired) electrons. The van der Waals surface area contributed by atoms with E-state index >= 15 is 0 Å². The van der Waals surface area contributed by atoms with Crippen molar-refractivity contribution < 1.29 is 14.4 Å². The normalized spacial score (nSPS) is 15.7. The van der Waals surface area contributed by atoms with Gasteiger partial charge in [0.2, 0.25) is 17.7 Å². The molecular weight excluding hydrogens is 368 g/mol. The van der Waals surface area contributed by atoms with Crippen LogP contribution in [0.15, 0.2) is 42.7 Å². The zero-order chi connectivity index (χ0) is 20.8. The van der Waals surface area contributed by atoms with Crippen LogP contribution in [0.3, 0.4) is 0 Å². The van der Waals surface area contributed by atoms with Gasteiger partial charge < -0.3 is 15.5 Å². The summed E-state index contributed by atoms with van der Waals surface area (Å²) in [6.45, 7) is 4.65. The SMILES string of the molecule is Cc1cccc(NC(=O)CC(=O)N(Cc2ccncc2)C[C@@H]2CCC(=O)N2)c1C. The van der Waals surface area contributed by atoms with Crippen molar-refractivity contribution in [2.75, 3.05) is 11.9 Å². The molecule has 1 aliphatic rings. The minimum absolute atomic E-state index is 0.000948. The van der Waals surface area contributed by atoms with E-state index in [4.69, 9.17) is 0 Å². The van der Waals surface area contributed by atoms with Gasteiger partial charge in [0.25, 0.3) is 0 Å². The average molecular weight is 394 g/mol. The van der Waals surface area contributed by atoms with E-state index in [1.54, 1.807) is 17.3 Å². The Balaban J connectivity index is 1.67. The lowest BCUT2D eigenvalue weighted by Gasteiger charge is -2.26. The number of amides is 3. The Morgan fingerprint density at radius 3 is 2.66 bits per heavy atom. The van der Waals surface area contributed by atoms with Crippen molar-refractivity contribution in [2.45, 2.75) is 45.7 Å². The van der Waals surface area contributed by atoms with Crippen molar-refractivity contribution in [3.63, 3.8) is 0 Å². The highest BCUT2D eigenvalue weighted by molar-refractivity contribution is 6.04. The van der Waals surface area contributed by atoms with Crippen LogP contribution in [0.4, 0.5) is 5.69 Å². The monoisotopic (exact) mass is 394 g/mol. The van der Waals surface area contributed by atoms with Crippen molar-refractivity contribution in [2.24, 2.45) is 0 Å². The molecule has 0 bridgehead atoms. The molecule has 3 rings (SSSR count). The zero-order valence-electron chi connectivity index (χ0n) is 16.8. The molecule has 1 atom stereocenters. The van der Waals surface area contributed by atoms with Crippen LogP contribution in [0.2, 0.25) is 0 Å². The number of pyridine rings is 1. The predicted molar refractivity (Wildman–Crippen MR) is 110 cm³/mol. The average Bonchev–Trinajstić information content (AvgIpc) is 3.10. The van der Waals surface area contributed by atoms with E-state index in [1.165, 1.54) is 0 Å². The van der Waals surface area contributed by atoms with Crippen molar-refractivity contribution in [1.82, 2.24) is 15.2 Å². The maximum atomic E-state index is 12.9. The number of aromatic nitrogens is 1. The van der Waals surface area contributed by atoms with Gasteiger partial charge in [0.05, 0.1) is 0 Å². The number of anilines is 1. The van der Waals surface area contributed by atoms with Crippen LogP contribution >= 0.6 is 0 Å². The van der Waals surface area contributed by atoms with Crippen LogP contribution in [0.5, 0.6) is 0 Å². The van der Waals surface area contributed by atoms with Gasteiger partial charge in [-0.15, -0.1) is 0 Å². The summed E-state index contributed by atoms with van der Waals surface area (Å²) in [5.74, 6) is -0.622. The van der Waals surface area contributed by atoms with Crippen LogP contribution in [-0.2, 0) is 20.9 Å². The summed E-state index contributed by atoms with van der Waals surface area (Å²) in [5, 5.41) is 5.72. The molecule has 7 heteroatoms. The Morgan fingerprint density at radius 2 is 1.97 bits per heavy atom. The largest absolute Gasteiger partial charge is 0.352 e. The lowest BCUT2D eigenvalue weighted by molar-refractivity contribution is -0.135. The Hall–Kier alpha value is -3.22. The fraction of sp³-hybridized carbons (Fsp3) is 0.364. The lowest BCUT2D eigenvalue weighted by atomic mass is 10.1. The van der Waals surface area contributed by atoms with Crippen molar-refractivity contribution in [3.8, 4) is 0 Å². The van der Waals surface area contributed by atoms with Gasteiger partial charge in [-0.1, -0.05) is 12.1 Å². The fourth-order valence-electron chi connectivity index (χ4n) is 3.37. The third-order valence-electron chi connectivity index (χ3n) is 5.19. The Kier molecular flexibility index (Phi) is 6.59. The second-order valence-corrected chi connectivity index (χ2v) is 7.41. The molecule has 29 heavy (non-hydrogen) atoms.